The molecule has 0 aliphatic carbocycles. The Morgan fingerprint density at radius 2 is 2.00 bits per heavy atom. The van der Waals surface area contributed by atoms with Gasteiger partial charge in [0.15, 0.2) is 5.82 Å². The fourth-order valence-electron chi connectivity index (χ4n) is 2.04. The van der Waals surface area contributed by atoms with E-state index in [9.17, 15) is 4.79 Å². The summed E-state index contributed by atoms with van der Waals surface area (Å²) in [5.41, 5.74) is 2.08. The molecule has 0 saturated heterocycles. The van der Waals surface area contributed by atoms with Crippen LogP contribution in [-0.2, 0) is 0 Å². The van der Waals surface area contributed by atoms with Gasteiger partial charge in [0.05, 0.1) is 16.9 Å². The number of hydrogen-bond donors (Lipinski definition) is 1. The van der Waals surface area contributed by atoms with Crippen LogP contribution in [0.25, 0.3) is 0 Å². The molecule has 3 rings (SSSR count). The molecule has 2 aromatic rings. The first-order valence-corrected chi connectivity index (χ1v) is 5.85. The molecule has 0 unspecified atom stereocenters. The number of aromatic nitrogens is 1. The third kappa shape index (κ3) is 1.62. The number of amides is 1. The Morgan fingerprint density at radius 1 is 1.22 bits per heavy atom. The molecule has 1 aromatic heterocycles. The van der Waals surface area contributed by atoms with Crippen LogP contribution >= 0.6 is 11.6 Å². The normalized spacial score (nSPS) is 13.4. The highest BCUT2D eigenvalue weighted by molar-refractivity contribution is 6.29. The van der Waals surface area contributed by atoms with Crippen LogP contribution in [0.5, 0.6) is 0 Å². The van der Waals surface area contributed by atoms with Gasteiger partial charge in [-0.15, -0.1) is 0 Å². The second-order valence-electron chi connectivity index (χ2n) is 4.04. The van der Waals surface area contributed by atoms with Gasteiger partial charge in [0.2, 0.25) is 0 Å². The Kier molecular flexibility index (Phi) is 2.45. The smallest absolute Gasteiger partial charge is 0.257 e. The van der Waals surface area contributed by atoms with Crippen molar-refractivity contribution in [3.8, 4) is 0 Å². The number of fused-ring (bicyclic) bond motifs is 2. The maximum absolute atomic E-state index is 12.1. The Bertz CT molecular complexity index is 642. The summed E-state index contributed by atoms with van der Waals surface area (Å²) < 4.78 is 0. The summed E-state index contributed by atoms with van der Waals surface area (Å²) in [4.78, 5) is 18.2. The number of pyridine rings is 1. The molecule has 5 heteroatoms. The van der Waals surface area contributed by atoms with Gasteiger partial charge >= 0.3 is 0 Å². The van der Waals surface area contributed by atoms with E-state index in [1.807, 2.05) is 30.1 Å². The van der Waals surface area contributed by atoms with E-state index in [1.165, 1.54) is 0 Å². The lowest BCUT2D eigenvalue weighted by Gasteiger charge is -2.19. The van der Waals surface area contributed by atoms with Crippen molar-refractivity contribution in [2.45, 2.75) is 0 Å². The molecule has 18 heavy (non-hydrogen) atoms. The number of nitrogens with zero attached hydrogens (tertiary/aromatic N) is 2. The van der Waals surface area contributed by atoms with Gasteiger partial charge in [-0.25, -0.2) is 4.98 Å². The molecular weight excluding hydrogens is 250 g/mol. The number of anilines is 3. The zero-order valence-electron chi connectivity index (χ0n) is 9.64. The number of para-hydroxylation sites is 1. The number of carbonyl (C=O) groups excluding carboxylic acids is 1. The SMILES string of the molecule is CN1c2ccccc2C(=O)Nc2ccc(Cl)nc21. The quantitative estimate of drug-likeness (QED) is 0.740. The first kappa shape index (κ1) is 11.0. The van der Waals surface area contributed by atoms with Crippen LogP contribution < -0.4 is 10.2 Å². The minimum Gasteiger partial charge on any atom is -0.327 e. The topological polar surface area (TPSA) is 45.2 Å². The Labute approximate surface area is 109 Å². The molecule has 0 radical (unpaired) electrons. The van der Waals surface area contributed by atoms with Crippen molar-refractivity contribution in [3.63, 3.8) is 0 Å². The van der Waals surface area contributed by atoms with E-state index in [4.69, 9.17) is 11.6 Å². The Morgan fingerprint density at radius 3 is 2.83 bits per heavy atom. The number of carbonyl (C=O) groups is 1. The fraction of sp³-hybridized carbons (Fsp3) is 0.0769. The number of rotatable bonds is 0. The summed E-state index contributed by atoms with van der Waals surface area (Å²) in [7, 11) is 1.86. The highest BCUT2D eigenvalue weighted by Gasteiger charge is 2.23. The van der Waals surface area contributed by atoms with E-state index in [1.54, 1.807) is 18.2 Å². The first-order chi connectivity index (χ1) is 8.66. The fourth-order valence-corrected chi connectivity index (χ4v) is 2.18. The van der Waals surface area contributed by atoms with E-state index in [2.05, 4.69) is 10.3 Å². The zero-order valence-corrected chi connectivity index (χ0v) is 10.4. The highest BCUT2D eigenvalue weighted by Crippen LogP contribution is 2.35. The Hall–Kier alpha value is -2.07. The molecule has 1 aliphatic rings. The predicted molar refractivity (Wildman–Crippen MR) is 71.7 cm³/mol. The van der Waals surface area contributed by atoms with Crippen LogP contribution in [0.3, 0.4) is 0 Å². The van der Waals surface area contributed by atoms with Gasteiger partial charge in [0.1, 0.15) is 5.15 Å². The first-order valence-electron chi connectivity index (χ1n) is 5.47. The second kappa shape index (κ2) is 3.99. The van der Waals surface area contributed by atoms with Crippen molar-refractivity contribution >= 4 is 34.7 Å². The molecular formula is C13H10ClN3O. The van der Waals surface area contributed by atoms with E-state index >= 15 is 0 Å². The monoisotopic (exact) mass is 259 g/mol. The van der Waals surface area contributed by atoms with Gasteiger partial charge in [-0.2, -0.15) is 0 Å². The van der Waals surface area contributed by atoms with Crippen LogP contribution in [0.1, 0.15) is 10.4 Å². The van der Waals surface area contributed by atoms with Gasteiger partial charge in [-0.05, 0) is 24.3 Å². The summed E-state index contributed by atoms with van der Waals surface area (Å²) in [6.07, 6.45) is 0. The lowest BCUT2D eigenvalue weighted by atomic mass is 10.1. The maximum Gasteiger partial charge on any atom is 0.257 e. The third-order valence-corrected chi connectivity index (χ3v) is 3.13. The van der Waals surface area contributed by atoms with E-state index in [0.717, 1.165) is 5.69 Å². The second-order valence-corrected chi connectivity index (χ2v) is 4.42. The Balaban J connectivity index is 2.26. The number of halogens is 1. The molecule has 2 heterocycles. The number of hydrogen-bond acceptors (Lipinski definition) is 3. The van der Waals surface area contributed by atoms with Crippen LogP contribution in [0, 0.1) is 0 Å². The van der Waals surface area contributed by atoms with Crippen LogP contribution in [0.15, 0.2) is 36.4 Å². The van der Waals surface area contributed by atoms with Crippen molar-refractivity contribution in [3.05, 3.63) is 47.1 Å². The van der Waals surface area contributed by atoms with Gasteiger partial charge in [0, 0.05) is 7.05 Å². The molecule has 0 spiro atoms. The molecule has 4 nitrogen and oxygen atoms in total. The van der Waals surface area contributed by atoms with E-state index < -0.39 is 0 Å². The van der Waals surface area contributed by atoms with Gasteiger partial charge in [0.25, 0.3) is 5.91 Å². The van der Waals surface area contributed by atoms with Crippen LogP contribution in [0.2, 0.25) is 5.15 Å². The number of benzene rings is 1. The maximum atomic E-state index is 12.1. The lowest BCUT2D eigenvalue weighted by Crippen LogP contribution is -2.12. The van der Waals surface area contributed by atoms with E-state index in [-0.39, 0.29) is 5.91 Å². The minimum absolute atomic E-state index is 0.139. The lowest BCUT2D eigenvalue weighted by molar-refractivity contribution is 0.102. The molecule has 1 aliphatic heterocycles. The molecule has 0 fully saturated rings. The summed E-state index contributed by atoms with van der Waals surface area (Å²) in [5.74, 6) is 0.501. The van der Waals surface area contributed by atoms with Crippen molar-refractivity contribution in [2.75, 3.05) is 17.3 Å². The van der Waals surface area contributed by atoms with Crippen LogP contribution in [0.4, 0.5) is 17.2 Å². The molecule has 1 amide bonds. The predicted octanol–water partition coefficient (Wildman–Crippen LogP) is 3.07. The van der Waals surface area contributed by atoms with Gasteiger partial charge < -0.3 is 10.2 Å². The summed E-state index contributed by atoms with van der Waals surface area (Å²) in [5, 5.41) is 3.23. The van der Waals surface area contributed by atoms with Crippen molar-refractivity contribution in [1.29, 1.82) is 0 Å². The van der Waals surface area contributed by atoms with Crippen molar-refractivity contribution in [2.24, 2.45) is 0 Å². The molecule has 90 valence electrons. The highest BCUT2D eigenvalue weighted by atomic mass is 35.5. The summed E-state index contributed by atoms with van der Waals surface area (Å²) in [6.45, 7) is 0. The van der Waals surface area contributed by atoms with Crippen LogP contribution in [-0.4, -0.2) is 17.9 Å². The number of nitrogens with one attached hydrogen (secondary N) is 1. The average molecular weight is 260 g/mol. The molecule has 0 saturated carbocycles. The average Bonchev–Trinajstić information content (AvgIpc) is 2.48. The standard InChI is InChI=1S/C13H10ClN3O/c1-17-10-5-3-2-4-8(10)13(18)15-9-6-7-11(14)16-12(9)17/h2-7H,1H3,(H,15,18). The largest absolute Gasteiger partial charge is 0.327 e. The minimum atomic E-state index is -0.139. The van der Waals surface area contributed by atoms with Crippen molar-refractivity contribution < 1.29 is 4.79 Å². The molecule has 1 aromatic carbocycles. The van der Waals surface area contributed by atoms with Gasteiger partial charge in [-0.3, -0.25) is 4.79 Å². The zero-order chi connectivity index (χ0) is 12.7. The summed E-state index contributed by atoms with van der Waals surface area (Å²) >= 11 is 5.91. The molecule has 0 atom stereocenters. The van der Waals surface area contributed by atoms with Gasteiger partial charge in [-0.1, -0.05) is 23.7 Å². The van der Waals surface area contributed by atoms with E-state index in [0.29, 0.717) is 22.2 Å². The molecule has 0 bridgehead atoms. The molecule has 1 N–H and O–H groups in total. The van der Waals surface area contributed by atoms with Crippen molar-refractivity contribution in [1.82, 2.24) is 4.98 Å². The summed E-state index contributed by atoms with van der Waals surface area (Å²) in [6, 6.07) is 10.8. The third-order valence-electron chi connectivity index (χ3n) is 2.92.